The molecule has 0 saturated carbocycles. The van der Waals surface area contributed by atoms with Gasteiger partial charge in [0.1, 0.15) is 12.6 Å². The van der Waals surface area contributed by atoms with E-state index in [0.29, 0.717) is 17.1 Å². The molecule has 0 bridgehead atoms. The van der Waals surface area contributed by atoms with Gasteiger partial charge in [0.05, 0.1) is 27.0 Å². The second-order valence-corrected chi connectivity index (χ2v) is 12.8. The maximum absolute atomic E-state index is 14.0. The van der Waals surface area contributed by atoms with Crippen LogP contribution in [0, 0.1) is 0 Å². The van der Waals surface area contributed by atoms with Crippen LogP contribution in [0.25, 0.3) is 0 Å². The number of benzene rings is 3. The Morgan fingerprint density at radius 3 is 2.12 bits per heavy atom. The highest BCUT2D eigenvalue weighted by Crippen LogP contribution is 2.36. The van der Waals surface area contributed by atoms with Gasteiger partial charge >= 0.3 is 0 Å². The molecule has 7 nitrogen and oxygen atoms in total. The molecule has 40 heavy (non-hydrogen) atoms. The van der Waals surface area contributed by atoms with Gasteiger partial charge in [-0.25, -0.2) is 8.42 Å². The topological polar surface area (TPSA) is 86.8 Å². The van der Waals surface area contributed by atoms with E-state index in [0.717, 1.165) is 16.1 Å². The number of hydrogen-bond acceptors (Lipinski definition) is 4. The third kappa shape index (κ3) is 8.41. The Morgan fingerprint density at radius 2 is 1.52 bits per heavy atom. The summed E-state index contributed by atoms with van der Waals surface area (Å²) in [5.74, 6) is -1.09. The van der Waals surface area contributed by atoms with Gasteiger partial charge in [-0.1, -0.05) is 94.4 Å². The first-order chi connectivity index (χ1) is 18.8. The van der Waals surface area contributed by atoms with E-state index in [1.807, 2.05) is 30.3 Å². The molecule has 1 N–H and O–H groups in total. The smallest absolute Gasteiger partial charge is 0.244 e. The van der Waals surface area contributed by atoms with Crippen molar-refractivity contribution in [3.63, 3.8) is 0 Å². The van der Waals surface area contributed by atoms with Crippen LogP contribution < -0.4 is 9.62 Å². The fourth-order valence-corrected chi connectivity index (χ4v) is 5.99. The summed E-state index contributed by atoms with van der Waals surface area (Å²) < 4.78 is 26.6. The summed E-state index contributed by atoms with van der Waals surface area (Å²) in [6, 6.07) is 15.5. The Balaban J connectivity index is 2.11. The standard InChI is InChI=1S/C27H26Cl5N3O4S/c1-3-33-27(37)25(11-17-7-5-4-6-8-17)34(15-18-9-10-19(28)12-20(18)29)26(36)16-35(40(2,38)39)24-14-22(31)21(30)13-23(24)32/h4-10,12-14,25H,3,11,15-16H2,1-2H3,(H,33,37). The summed E-state index contributed by atoms with van der Waals surface area (Å²) >= 11 is 31.0. The summed E-state index contributed by atoms with van der Waals surface area (Å²) in [5.41, 5.74) is 1.28. The molecule has 0 heterocycles. The number of amides is 2. The molecule has 0 aromatic heterocycles. The number of nitrogens with one attached hydrogen (secondary N) is 1. The first kappa shape index (κ1) is 32.3. The monoisotopic (exact) mass is 663 g/mol. The van der Waals surface area contributed by atoms with Gasteiger partial charge in [-0.2, -0.15) is 0 Å². The molecular weight excluding hydrogens is 640 g/mol. The predicted octanol–water partition coefficient (Wildman–Crippen LogP) is 6.50. The number of halogens is 5. The Bertz CT molecular complexity index is 1490. The minimum absolute atomic E-state index is 0.0236. The van der Waals surface area contributed by atoms with Crippen molar-refractivity contribution in [2.75, 3.05) is 23.7 Å². The van der Waals surface area contributed by atoms with Crippen LogP contribution in [0.3, 0.4) is 0 Å². The highest BCUT2D eigenvalue weighted by atomic mass is 35.5. The SMILES string of the molecule is CCNC(=O)C(Cc1ccccc1)N(Cc1ccc(Cl)cc1Cl)C(=O)CN(c1cc(Cl)c(Cl)cc1Cl)S(C)(=O)=O. The average Bonchev–Trinajstić information content (AvgIpc) is 2.88. The number of nitrogens with zero attached hydrogens (tertiary/aromatic N) is 2. The van der Waals surface area contributed by atoms with Crippen molar-refractivity contribution in [3.05, 3.63) is 96.9 Å². The molecule has 13 heteroatoms. The van der Waals surface area contributed by atoms with Gasteiger partial charge in [-0.3, -0.25) is 13.9 Å². The molecular formula is C27H26Cl5N3O4S. The second kappa shape index (κ2) is 14.1. The van der Waals surface area contributed by atoms with Gasteiger partial charge in [-0.05, 0) is 42.3 Å². The molecule has 1 unspecified atom stereocenters. The van der Waals surface area contributed by atoms with Crippen molar-refractivity contribution in [2.24, 2.45) is 0 Å². The molecule has 2 amide bonds. The number of hydrogen-bond donors (Lipinski definition) is 1. The zero-order chi connectivity index (χ0) is 29.6. The van der Waals surface area contributed by atoms with Crippen LogP contribution in [0.2, 0.25) is 25.1 Å². The summed E-state index contributed by atoms with van der Waals surface area (Å²) in [7, 11) is -4.04. The predicted molar refractivity (Wildman–Crippen MR) is 163 cm³/mol. The van der Waals surface area contributed by atoms with Gasteiger partial charge in [-0.15, -0.1) is 0 Å². The highest BCUT2D eigenvalue weighted by Gasteiger charge is 2.34. The Hall–Kier alpha value is -2.20. The maximum atomic E-state index is 14.0. The van der Waals surface area contributed by atoms with Crippen LogP contribution in [0.5, 0.6) is 0 Å². The Morgan fingerprint density at radius 1 is 0.875 bits per heavy atom. The molecule has 3 aromatic carbocycles. The van der Waals surface area contributed by atoms with E-state index in [1.165, 1.54) is 23.1 Å². The lowest BCUT2D eigenvalue weighted by molar-refractivity contribution is -0.140. The van der Waals surface area contributed by atoms with Crippen LogP contribution in [0.15, 0.2) is 60.7 Å². The summed E-state index contributed by atoms with van der Waals surface area (Å²) in [6.45, 7) is 1.31. The van der Waals surface area contributed by atoms with Crippen LogP contribution >= 0.6 is 58.0 Å². The van der Waals surface area contributed by atoms with Gasteiger partial charge in [0.15, 0.2) is 0 Å². The van der Waals surface area contributed by atoms with Crippen LogP contribution in [0.1, 0.15) is 18.1 Å². The quantitative estimate of drug-likeness (QED) is 0.237. The van der Waals surface area contributed by atoms with Crippen LogP contribution in [-0.2, 0) is 32.6 Å². The van der Waals surface area contributed by atoms with Crippen molar-refractivity contribution >= 4 is 85.5 Å². The summed E-state index contributed by atoms with van der Waals surface area (Å²) in [5, 5.41) is 3.61. The van der Waals surface area contributed by atoms with E-state index < -0.39 is 34.4 Å². The van der Waals surface area contributed by atoms with Gasteiger partial charge in [0.25, 0.3) is 0 Å². The fourth-order valence-electron chi connectivity index (χ4n) is 3.98. The summed E-state index contributed by atoms with van der Waals surface area (Å²) in [4.78, 5) is 28.7. The normalized spacial score (nSPS) is 12.1. The van der Waals surface area contributed by atoms with Gasteiger partial charge in [0.2, 0.25) is 21.8 Å². The molecule has 3 aromatic rings. The van der Waals surface area contributed by atoms with E-state index >= 15 is 0 Å². The molecule has 0 radical (unpaired) electrons. The van der Waals surface area contributed by atoms with Crippen molar-refractivity contribution in [3.8, 4) is 0 Å². The second-order valence-electron chi connectivity index (χ2n) is 8.84. The number of carbonyl (C=O) groups is 2. The lowest BCUT2D eigenvalue weighted by Gasteiger charge is -2.33. The largest absolute Gasteiger partial charge is 0.355 e. The number of likely N-dealkylation sites (N-methyl/N-ethyl adjacent to an activating group) is 1. The van der Waals surface area contributed by atoms with E-state index in [2.05, 4.69) is 5.32 Å². The lowest BCUT2D eigenvalue weighted by atomic mass is 10.0. The van der Waals surface area contributed by atoms with Crippen molar-refractivity contribution in [2.45, 2.75) is 25.9 Å². The number of carbonyl (C=O) groups excluding carboxylic acids is 2. The summed E-state index contributed by atoms with van der Waals surface area (Å²) in [6.07, 6.45) is 1.10. The number of anilines is 1. The fraction of sp³-hybridized carbons (Fsp3) is 0.259. The average molecular weight is 666 g/mol. The highest BCUT2D eigenvalue weighted by molar-refractivity contribution is 7.92. The van der Waals surface area contributed by atoms with Crippen molar-refractivity contribution in [1.82, 2.24) is 10.2 Å². The number of sulfonamides is 1. The number of rotatable bonds is 11. The van der Waals surface area contributed by atoms with Crippen molar-refractivity contribution in [1.29, 1.82) is 0 Å². The molecule has 214 valence electrons. The molecule has 0 fully saturated rings. The minimum atomic E-state index is -4.04. The van der Waals surface area contributed by atoms with Crippen LogP contribution in [-0.4, -0.2) is 50.5 Å². The maximum Gasteiger partial charge on any atom is 0.244 e. The van der Waals surface area contributed by atoms with Crippen LogP contribution in [0.4, 0.5) is 5.69 Å². The van der Waals surface area contributed by atoms with Gasteiger partial charge in [0, 0.05) is 29.6 Å². The van der Waals surface area contributed by atoms with E-state index in [9.17, 15) is 18.0 Å². The molecule has 0 aliphatic rings. The minimum Gasteiger partial charge on any atom is -0.355 e. The zero-order valence-corrected chi connectivity index (χ0v) is 26.1. The molecule has 0 aliphatic heterocycles. The molecule has 0 saturated heterocycles. The molecule has 3 rings (SSSR count). The van der Waals surface area contributed by atoms with Crippen molar-refractivity contribution < 1.29 is 18.0 Å². The third-order valence-electron chi connectivity index (χ3n) is 5.92. The van der Waals surface area contributed by atoms with E-state index in [1.54, 1.807) is 19.1 Å². The molecule has 0 spiro atoms. The Labute approximate surface area is 258 Å². The first-order valence-corrected chi connectivity index (χ1v) is 15.7. The Kier molecular flexibility index (Phi) is 11.4. The molecule has 0 aliphatic carbocycles. The molecule has 1 atom stereocenters. The van der Waals surface area contributed by atoms with E-state index in [4.69, 9.17) is 58.0 Å². The third-order valence-corrected chi connectivity index (χ3v) is 8.65. The van der Waals surface area contributed by atoms with Gasteiger partial charge < -0.3 is 10.2 Å². The lowest BCUT2D eigenvalue weighted by Crippen LogP contribution is -2.53. The zero-order valence-electron chi connectivity index (χ0n) is 21.5. The first-order valence-electron chi connectivity index (χ1n) is 12.0. The van der Waals surface area contributed by atoms with E-state index in [-0.39, 0.29) is 38.7 Å².